The summed E-state index contributed by atoms with van der Waals surface area (Å²) < 4.78 is 19.0. The van der Waals surface area contributed by atoms with Gasteiger partial charge in [-0.3, -0.25) is 14.8 Å². The molecule has 0 radical (unpaired) electrons. The van der Waals surface area contributed by atoms with Crippen molar-refractivity contribution in [3.05, 3.63) is 29.6 Å². The van der Waals surface area contributed by atoms with Gasteiger partial charge in [0.05, 0.1) is 12.2 Å². The predicted molar refractivity (Wildman–Crippen MR) is 102 cm³/mol. The highest BCUT2D eigenvalue weighted by atomic mass is 19.1. The van der Waals surface area contributed by atoms with Gasteiger partial charge in [0, 0.05) is 23.7 Å². The van der Waals surface area contributed by atoms with E-state index in [1.165, 1.54) is 11.8 Å². The largest absolute Gasteiger partial charge is 0.465 e. The summed E-state index contributed by atoms with van der Waals surface area (Å²) >= 11 is 0. The van der Waals surface area contributed by atoms with E-state index in [-0.39, 0.29) is 24.3 Å². The van der Waals surface area contributed by atoms with E-state index in [0.717, 1.165) is 12.1 Å². The van der Waals surface area contributed by atoms with Crippen molar-refractivity contribution in [3.8, 4) is 0 Å². The zero-order valence-corrected chi connectivity index (χ0v) is 16.7. The topological polar surface area (TPSA) is 124 Å². The number of carbonyl (C=O) groups excluding carboxylic acids is 1. The molecule has 3 rings (SSSR count). The zero-order valence-electron chi connectivity index (χ0n) is 16.7. The van der Waals surface area contributed by atoms with Crippen LogP contribution in [0.15, 0.2) is 16.7 Å². The Bertz CT molecular complexity index is 864. The van der Waals surface area contributed by atoms with Crippen molar-refractivity contribution < 1.29 is 23.5 Å². The molecule has 10 heteroatoms. The number of nitrogens with one attached hydrogen (secondary N) is 2. The standard InChI is InChI=1S/C19H26FN5O4/c1-10-9-21-18(29-10)8-17(26)22-16-7-15(23-24-16)13-4-5-14(6-13)25(19(27)28)12(3)11(2)20/h7,9,11-14H,4-6,8H2,1-3H3,(H,27,28)(H2,22,23,24,26)/t11-,12+,13+,14-/m1/s1. The molecule has 3 N–H and O–H groups in total. The molecule has 1 saturated carbocycles. The lowest BCUT2D eigenvalue weighted by atomic mass is 10.0. The van der Waals surface area contributed by atoms with Crippen LogP contribution >= 0.6 is 0 Å². The maximum absolute atomic E-state index is 13.7. The van der Waals surface area contributed by atoms with Crippen molar-refractivity contribution >= 4 is 17.8 Å². The Morgan fingerprint density at radius 1 is 1.45 bits per heavy atom. The lowest BCUT2D eigenvalue weighted by Crippen LogP contribution is -2.47. The lowest BCUT2D eigenvalue weighted by molar-refractivity contribution is -0.115. The van der Waals surface area contributed by atoms with E-state index in [2.05, 4.69) is 20.5 Å². The Morgan fingerprint density at radius 2 is 2.21 bits per heavy atom. The van der Waals surface area contributed by atoms with Crippen LogP contribution in [0.4, 0.5) is 15.0 Å². The number of hydrogen-bond acceptors (Lipinski definition) is 5. The molecule has 4 atom stereocenters. The van der Waals surface area contributed by atoms with Crippen LogP contribution in [-0.4, -0.2) is 55.4 Å². The normalized spacial score (nSPS) is 21.0. The number of carboxylic acid groups (broad SMARTS) is 1. The summed E-state index contributed by atoms with van der Waals surface area (Å²) in [5, 5.41) is 19.2. The number of aromatic amines is 1. The smallest absolute Gasteiger partial charge is 0.407 e. The second kappa shape index (κ2) is 8.62. The van der Waals surface area contributed by atoms with Gasteiger partial charge in [0.25, 0.3) is 0 Å². The Kier molecular flexibility index (Phi) is 6.19. The van der Waals surface area contributed by atoms with Crippen LogP contribution in [0.3, 0.4) is 0 Å². The third kappa shape index (κ3) is 4.93. The number of nitrogens with zero attached hydrogens (tertiary/aromatic N) is 3. The summed E-state index contributed by atoms with van der Waals surface area (Å²) in [7, 11) is 0. The molecule has 2 aromatic rings. The summed E-state index contributed by atoms with van der Waals surface area (Å²) in [5.74, 6) is 1.13. The molecule has 0 aromatic carbocycles. The minimum Gasteiger partial charge on any atom is -0.465 e. The number of hydrogen-bond donors (Lipinski definition) is 3. The van der Waals surface area contributed by atoms with E-state index in [1.54, 1.807) is 26.1 Å². The number of oxazole rings is 1. The van der Waals surface area contributed by atoms with Crippen molar-refractivity contribution in [2.45, 2.75) is 70.6 Å². The first-order chi connectivity index (χ1) is 13.7. The van der Waals surface area contributed by atoms with Crippen LogP contribution in [0.1, 0.15) is 56.4 Å². The summed E-state index contributed by atoms with van der Waals surface area (Å²) in [6.07, 6.45) is 1.20. The summed E-state index contributed by atoms with van der Waals surface area (Å²) in [6.45, 7) is 4.71. The second-order valence-corrected chi connectivity index (χ2v) is 7.57. The Balaban J connectivity index is 1.59. The zero-order chi connectivity index (χ0) is 21.1. The minimum atomic E-state index is -1.24. The molecular weight excluding hydrogens is 381 g/mol. The highest BCUT2D eigenvalue weighted by Gasteiger charge is 2.37. The Hall–Kier alpha value is -2.91. The van der Waals surface area contributed by atoms with Crippen molar-refractivity contribution in [1.29, 1.82) is 0 Å². The third-order valence-corrected chi connectivity index (χ3v) is 5.41. The van der Waals surface area contributed by atoms with Gasteiger partial charge in [0.15, 0.2) is 5.82 Å². The van der Waals surface area contributed by atoms with E-state index in [0.29, 0.717) is 30.3 Å². The van der Waals surface area contributed by atoms with E-state index in [1.807, 2.05) is 0 Å². The quantitative estimate of drug-likeness (QED) is 0.647. The molecule has 0 spiro atoms. The van der Waals surface area contributed by atoms with Gasteiger partial charge in [-0.2, -0.15) is 5.10 Å². The SMILES string of the molecule is Cc1cnc(CC(=O)Nc2cc([C@H]3CC[C@@H](N(C(=O)O)[C@@H](C)[C@@H](C)F)C3)[nH]n2)o1. The summed E-state index contributed by atoms with van der Waals surface area (Å²) in [4.78, 5) is 29.0. The maximum atomic E-state index is 13.7. The van der Waals surface area contributed by atoms with Crippen LogP contribution in [0.2, 0.25) is 0 Å². The van der Waals surface area contributed by atoms with Crippen LogP contribution in [0.5, 0.6) is 0 Å². The number of carbonyl (C=O) groups is 2. The fraction of sp³-hybridized carbons (Fsp3) is 0.579. The van der Waals surface area contributed by atoms with E-state index in [9.17, 15) is 19.1 Å². The van der Waals surface area contributed by atoms with Gasteiger partial charge in [0.2, 0.25) is 11.8 Å². The molecule has 1 aliphatic carbocycles. The Labute approximate surface area is 167 Å². The average molecular weight is 407 g/mol. The van der Waals surface area contributed by atoms with Gasteiger partial charge in [-0.05, 0) is 40.0 Å². The average Bonchev–Trinajstić information content (AvgIpc) is 3.36. The molecule has 9 nitrogen and oxygen atoms in total. The van der Waals surface area contributed by atoms with Gasteiger partial charge in [-0.1, -0.05) is 0 Å². The number of aromatic nitrogens is 3. The monoisotopic (exact) mass is 407 g/mol. The molecule has 0 unspecified atom stereocenters. The van der Waals surface area contributed by atoms with E-state index >= 15 is 0 Å². The number of alkyl halides is 1. The molecule has 1 aliphatic rings. The molecule has 29 heavy (non-hydrogen) atoms. The lowest BCUT2D eigenvalue weighted by Gasteiger charge is -2.33. The molecule has 2 amide bonds. The number of rotatable bonds is 7. The predicted octanol–water partition coefficient (Wildman–Crippen LogP) is 3.25. The molecule has 2 heterocycles. The highest BCUT2D eigenvalue weighted by Crippen LogP contribution is 2.37. The minimum absolute atomic E-state index is 0.00834. The third-order valence-electron chi connectivity index (χ3n) is 5.41. The highest BCUT2D eigenvalue weighted by molar-refractivity contribution is 5.90. The number of amides is 2. The second-order valence-electron chi connectivity index (χ2n) is 7.57. The fourth-order valence-electron chi connectivity index (χ4n) is 3.79. The molecule has 158 valence electrons. The number of halogens is 1. The van der Waals surface area contributed by atoms with Crippen LogP contribution in [0, 0.1) is 6.92 Å². The van der Waals surface area contributed by atoms with E-state index in [4.69, 9.17) is 4.42 Å². The molecule has 2 aromatic heterocycles. The van der Waals surface area contributed by atoms with Crippen LogP contribution in [-0.2, 0) is 11.2 Å². The number of H-pyrrole nitrogens is 1. The van der Waals surface area contributed by atoms with Gasteiger partial charge in [0.1, 0.15) is 18.4 Å². The van der Waals surface area contributed by atoms with Gasteiger partial charge >= 0.3 is 6.09 Å². The van der Waals surface area contributed by atoms with Crippen molar-refractivity contribution in [2.75, 3.05) is 5.32 Å². The van der Waals surface area contributed by atoms with E-state index < -0.39 is 18.3 Å². The maximum Gasteiger partial charge on any atom is 0.407 e. The first kappa shape index (κ1) is 20.8. The Morgan fingerprint density at radius 3 is 2.83 bits per heavy atom. The number of anilines is 1. The van der Waals surface area contributed by atoms with Crippen LogP contribution < -0.4 is 5.32 Å². The van der Waals surface area contributed by atoms with Crippen molar-refractivity contribution in [3.63, 3.8) is 0 Å². The summed E-state index contributed by atoms with van der Waals surface area (Å²) in [5.41, 5.74) is 0.820. The first-order valence-electron chi connectivity index (χ1n) is 9.66. The molecular formula is C19H26FN5O4. The first-order valence-corrected chi connectivity index (χ1v) is 9.66. The molecule has 0 aliphatic heterocycles. The van der Waals surface area contributed by atoms with Crippen molar-refractivity contribution in [2.24, 2.45) is 0 Å². The van der Waals surface area contributed by atoms with Gasteiger partial charge < -0.3 is 14.8 Å². The van der Waals surface area contributed by atoms with Gasteiger partial charge in [-0.25, -0.2) is 14.2 Å². The van der Waals surface area contributed by atoms with Crippen molar-refractivity contribution in [1.82, 2.24) is 20.1 Å². The molecule has 1 fully saturated rings. The van der Waals surface area contributed by atoms with Crippen LogP contribution in [0.25, 0.3) is 0 Å². The molecule has 0 bridgehead atoms. The number of aryl methyl sites for hydroxylation is 1. The molecule has 0 saturated heterocycles. The fourth-order valence-corrected chi connectivity index (χ4v) is 3.79. The summed E-state index contributed by atoms with van der Waals surface area (Å²) in [6, 6.07) is 0.796. The van der Waals surface area contributed by atoms with Gasteiger partial charge in [-0.15, -0.1) is 0 Å².